The van der Waals surface area contributed by atoms with Crippen LogP contribution in [0.1, 0.15) is 0 Å². The van der Waals surface area contributed by atoms with Gasteiger partial charge in [0.15, 0.2) is 0 Å². The largest absolute Gasteiger partial charge is 0.178 e. The van der Waals surface area contributed by atoms with E-state index in [1.165, 1.54) is 31.4 Å². The number of thiophene rings is 1. The molecule has 0 nitrogen and oxygen atoms in total. The first-order valence-electron chi connectivity index (χ1n) is 7.38. The predicted molar refractivity (Wildman–Crippen MR) is 129 cm³/mol. The zero-order chi connectivity index (χ0) is 16.1. The minimum absolute atomic E-state index is 0.750. The highest BCUT2D eigenvalue weighted by atomic mass is 32.2. The van der Waals surface area contributed by atoms with Crippen LogP contribution in [0.3, 0.4) is 0 Å². The van der Waals surface area contributed by atoms with Crippen molar-refractivity contribution in [3.05, 3.63) is 12.1 Å². The average Bonchev–Trinajstić information content (AvgIpc) is 3.30. The third kappa shape index (κ3) is 6.55. The molecule has 4 unspecified atom stereocenters. The third-order valence-electron chi connectivity index (χ3n) is 3.31. The van der Waals surface area contributed by atoms with E-state index in [0.717, 1.165) is 31.2 Å². The molecule has 23 heavy (non-hydrogen) atoms. The monoisotopic (exact) mass is 476 g/mol. The second-order valence-corrected chi connectivity index (χ2v) is 15.6. The Bertz CT molecular complexity index is 436. The summed E-state index contributed by atoms with van der Waals surface area (Å²) in [6, 6.07) is 4.62. The van der Waals surface area contributed by atoms with Gasteiger partial charge in [-0.1, -0.05) is 0 Å². The highest BCUT2D eigenvalue weighted by molar-refractivity contribution is 8.22. The van der Waals surface area contributed by atoms with E-state index in [4.69, 9.17) is 0 Å². The van der Waals surface area contributed by atoms with Crippen LogP contribution in [0.25, 0.3) is 0 Å². The van der Waals surface area contributed by atoms with Crippen LogP contribution in [0, 0.1) is 0 Å². The van der Waals surface area contributed by atoms with Crippen molar-refractivity contribution in [3.8, 4) is 0 Å². The summed E-state index contributed by atoms with van der Waals surface area (Å²) < 4.78 is 4.45. The fraction of sp³-hybridized carbons (Fsp3) is 0.714. The molecule has 0 amide bonds. The van der Waals surface area contributed by atoms with Gasteiger partial charge in [0.2, 0.25) is 0 Å². The molecule has 2 fully saturated rings. The molecule has 3 heterocycles. The van der Waals surface area contributed by atoms with Crippen LogP contribution in [0.5, 0.6) is 0 Å². The second-order valence-electron chi connectivity index (χ2n) is 5.10. The maximum absolute atomic E-state index is 4.42. The Labute approximate surface area is 180 Å². The Kier molecular flexibility index (Phi) is 9.45. The Morgan fingerprint density at radius 3 is 1.74 bits per heavy atom. The standard InChI is InChI=1S/C14H20S9/c15-3-9-5-17-13(21-9)7-19-11-1-2-12(23-11)20-8-14-18-6-10(4-16)22-14/h1-2,9-10,13-16H,3-8H2. The van der Waals surface area contributed by atoms with Crippen LogP contribution in [0.4, 0.5) is 0 Å². The first-order chi connectivity index (χ1) is 11.3. The molecule has 3 rings (SSSR count). The van der Waals surface area contributed by atoms with Gasteiger partial charge in [-0.2, -0.15) is 25.3 Å². The maximum atomic E-state index is 4.42. The predicted octanol–water partition coefficient (Wildman–Crippen LogP) is 6.14. The molecule has 4 atom stereocenters. The minimum atomic E-state index is 0.750. The zero-order valence-electron chi connectivity index (χ0n) is 12.5. The van der Waals surface area contributed by atoms with Crippen LogP contribution in [0.15, 0.2) is 20.6 Å². The van der Waals surface area contributed by atoms with Crippen molar-refractivity contribution in [2.75, 3.05) is 34.5 Å². The lowest BCUT2D eigenvalue weighted by atomic mass is 10.6. The molecule has 0 aromatic carbocycles. The maximum Gasteiger partial charge on any atom is 0.0611 e. The van der Waals surface area contributed by atoms with Gasteiger partial charge in [-0.3, -0.25) is 0 Å². The molecule has 2 saturated heterocycles. The van der Waals surface area contributed by atoms with E-state index < -0.39 is 0 Å². The van der Waals surface area contributed by atoms with Crippen LogP contribution in [-0.2, 0) is 0 Å². The topological polar surface area (TPSA) is 0 Å². The molecular weight excluding hydrogens is 457 g/mol. The molecule has 0 saturated carbocycles. The first kappa shape index (κ1) is 20.2. The van der Waals surface area contributed by atoms with Gasteiger partial charge < -0.3 is 0 Å². The molecule has 130 valence electrons. The highest BCUT2D eigenvalue weighted by Crippen LogP contribution is 2.44. The number of thiol groups is 2. The van der Waals surface area contributed by atoms with E-state index in [-0.39, 0.29) is 0 Å². The lowest BCUT2D eigenvalue weighted by Crippen LogP contribution is -2.02. The van der Waals surface area contributed by atoms with E-state index >= 15 is 0 Å². The van der Waals surface area contributed by atoms with Crippen LogP contribution in [0.2, 0.25) is 0 Å². The van der Waals surface area contributed by atoms with E-state index in [1.807, 2.05) is 34.9 Å². The smallest absolute Gasteiger partial charge is 0.0611 e. The summed E-state index contributed by atoms with van der Waals surface area (Å²) in [6.45, 7) is 0. The fourth-order valence-corrected chi connectivity index (χ4v) is 13.7. The summed E-state index contributed by atoms with van der Waals surface area (Å²) in [5, 5.41) is 1.51. The SMILES string of the molecule is SCC1CSC(CSc2ccc(SCC3SCC(CS)S3)s2)S1. The molecule has 9 heteroatoms. The van der Waals surface area contributed by atoms with Crippen molar-refractivity contribution in [2.24, 2.45) is 0 Å². The Morgan fingerprint density at radius 2 is 1.35 bits per heavy atom. The zero-order valence-corrected chi connectivity index (χ0v) is 20.0. The molecule has 0 aliphatic carbocycles. The molecule has 0 radical (unpaired) electrons. The molecule has 1 aromatic heterocycles. The van der Waals surface area contributed by atoms with Gasteiger partial charge >= 0.3 is 0 Å². The van der Waals surface area contributed by atoms with Crippen LogP contribution >= 0.6 is 107 Å². The molecule has 0 bridgehead atoms. The van der Waals surface area contributed by atoms with Gasteiger partial charge in [-0.15, -0.1) is 81.9 Å². The minimum Gasteiger partial charge on any atom is -0.178 e. The van der Waals surface area contributed by atoms with Crippen molar-refractivity contribution in [1.82, 2.24) is 0 Å². The van der Waals surface area contributed by atoms with Crippen molar-refractivity contribution in [2.45, 2.75) is 28.1 Å². The van der Waals surface area contributed by atoms with Crippen LogP contribution in [-0.4, -0.2) is 54.2 Å². The van der Waals surface area contributed by atoms with Crippen LogP contribution < -0.4 is 0 Å². The van der Waals surface area contributed by atoms with E-state index in [1.54, 1.807) is 0 Å². The van der Waals surface area contributed by atoms with Crippen molar-refractivity contribution >= 4 is 107 Å². The summed E-state index contributed by atoms with van der Waals surface area (Å²) in [6.07, 6.45) is 0. The Hall–Kier alpha value is 2.50. The fourth-order valence-electron chi connectivity index (χ4n) is 2.14. The molecular formula is C14H20S9. The summed E-state index contributed by atoms with van der Waals surface area (Å²) in [7, 11) is 0. The summed E-state index contributed by atoms with van der Waals surface area (Å²) in [5.74, 6) is 7.03. The normalized spacial score (nSPS) is 31.0. The lowest BCUT2D eigenvalue weighted by molar-refractivity contribution is 1.17. The highest BCUT2D eigenvalue weighted by Gasteiger charge is 2.26. The van der Waals surface area contributed by atoms with Crippen molar-refractivity contribution in [3.63, 3.8) is 0 Å². The van der Waals surface area contributed by atoms with E-state index in [0.29, 0.717) is 0 Å². The van der Waals surface area contributed by atoms with Gasteiger partial charge in [-0.05, 0) is 12.1 Å². The lowest BCUT2D eigenvalue weighted by Gasteiger charge is -2.08. The Balaban J connectivity index is 1.37. The van der Waals surface area contributed by atoms with Gasteiger partial charge in [0.05, 0.1) is 17.6 Å². The number of rotatable bonds is 8. The van der Waals surface area contributed by atoms with E-state index in [2.05, 4.69) is 84.4 Å². The molecule has 0 spiro atoms. The van der Waals surface area contributed by atoms with Crippen molar-refractivity contribution in [1.29, 1.82) is 0 Å². The van der Waals surface area contributed by atoms with Gasteiger partial charge in [-0.25, -0.2) is 0 Å². The average molecular weight is 477 g/mol. The number of thioether (sulfide) groups is 6. The Morgan fingerprint density at radius 1 is 0.870 bits per heavy atom. The summed E-state index contributed by atoms with van der Waals surface area (Å²) >= 11 is 23.3. The van der Waals surface area contributed by atoms with Gasteiger partial charge in [0, 0.05) is 45.0 Å². The summed E-state index contributed by atoms with van der Waals surface area (Å²) in [4.78, 5) is 0. The molecule has 0 N–H and O–H groups in total. The quantitative estimate of drug-likeness (QED) is 0.339. The number of hydrogen-bond donors (Lipinski definition) is 2. The molecule has 2 aliphatic heterocycles. The second kappa shape index (κ2) is 10.7. The summed E-state index contributed by atoms with van der Waals surface area (Å²) in [5.41, 5.74) is 0. The number of hydrogen-bond acceptors (Lipinski definition) is 9. The van der Waals surface area contributed by atoms with E-state index in [9.17, 15) is 0 Å². The molecule has 1 aromatic rings. The van der Waals surface area contributed by atoms with Crippen molar-refractivity contribution < 1.29 is 0 Å². The first-order valence-corrected chi connectivity index (χ1v) is 15.4. The third-order valence-corrected chi connectivity index (χ3v) is 15.8. The molecule has 2 aliphatic rings. The van der Waals surface area contributed by atoms with Gasteiger partial charge in [0.25, 0.3) is 0 Å². The van der Waals surface area contributed by atoms with Gasteiger partial charge in [0.1, 0.15) is 0 Å².